The van der Waals surface area contributed by atoms with Crippen LogP contribution >= 0.6 is 0 Å². The molecule has 2 fully saturated rings. The summed E-state index contributed by atoms with van der Waals surface area (Å²) in [6.45, 7) is 2.40. The molecule has 2 aliphatic carbocycles. The maximum Gasteiger partial charge on any atom is 0.0640 e. The Labute approximate surface area is 116 Å². The Morgan fingerprint density at radius 3 is 2.74 bits per heavy atom. The minimum Gasteiger partial charge on any atom is -0.316 e. The van der Waals surface area contributed by atoms with Gasteiger partial charge in [-0.05, 0) is 44.2 Å². The maximum atomic E-state index is 4.84. The molecular formula is C16H27N3. The van der Waals surface area contributed by atoms with Crippen LogP contribution in [0.4, 0.5) is 0 Å². The van der Waals surface area contributed by atoms with E-state index in [1.165, 1.54) is 50.6 Å². The normalized spacial score (nSPS) is 24.3. The maximum absolute atomic E-state index is 4.84. The van der Waals surface area contributed by atoms with Crippen LogP contribution in [0.1, 0.15) is 63.6 Å². The summed E-state index contributed by atoms with van der Waals surface area (Å²) in [5.74, 6) is 0. The lowest BCUT2D eigenvalue weighted by Crippen LogP contribution is -2.35. The molecule has 3 nitrogen and oxygen atoms in total. The van der Waals surface area contributed by atoms with Crippen molar-refractivity contribution in [2.24, 2.45) is 5.41 Å². The largest absolute Gasteiger partial charge is 0.316 e. The van der Waals surface area contributed by atoms with Crippen molar-refractivity contribution in [3.05, 3.63) is 18.0 Å². The Hall–Kier alpha value is -0.830. The zero-order valence-corrected chi connectivity index (χ0v) is 12.4. The van der Waals surface area contributed by atoms with Crippen LogP contribution in [0.5, 0.6) is 0 Å². The van der Waals surface area contributed by atoms with E-state index >= 15 is 0 Å². The molecule has 0 aliphatic heterocycles. The molecule has 1 heterocycles. The van der Waals surface area contributed by atoms with Crippen molar-refractivity contribution >= 4 is 0 Å². The quantitative estimate of drug-likeness (QED) is 0.881. The van der Waals surface area contributed by atoms with Crippen LogP contribution in [0.2, 0.25) is 0 Å². The summed E-state index contributed by atoms with van der Waals surface area (Å²) in [6.07, 6.45) is 12.8. The summed E-state index contributed by atoms with van der Waals surface area (Å²) in [5, 5.41) is 8.33. The van der Waals surface area contributed by atoms with Gasteiger partial charge in [-0.15, -0.1) is 0 Å². The third-order valence-corrected chi connectivity index (χ3v) is 5.25. The molecule has 106 valence electrons. The van der Waals surface area contributed by atoms with Gasteiger partial charge in [-0.2, -0.15) is 5.10 Å². The van der Waals surface area contributed by atoms with E-state index in [2.05, 4.69) is 36.2 Å². The highest BCUT2D eigenvalue weighted by atomic mass is 15.3. The number of hydrogen-bond donors (Lipinski definition) is 1. The first-order valence-corrected chi connectivity index (χ1v) is 7.92. The lowest BCUT2D eigenvalue weighted by Gasteiger charge is -2.23. The van der Waals surface area contributed by atoms with E-state index in [1.54, 1.807) is 0 Å². The van der Waals surface area contributed by atoms with Gasteiger partial charge in [0.25, 0.3) is 0 Å². The number of hydrogen-bond acceptors (Lipinski definition) is 2. The van der Waals surface area contributed by atoms with Crippen LogP contribution in [-0.4, -0.2) is 22.9 Å². The average Bonchev–Trinajstić information content (AvgIpc) is 3.03. The van der Waals surface area contributed by atoms with Gasteiger partial charge in [0.1, 0.15) is 0 Å². The van der Waals surface area contributed by atoms with Crippen LogP contribution in [0.3, 0.4) is 0 Å². The number of aromatic nitrogens is 2. The second-order valence-electron chi connectivity index (χ2n) is 6.78. The molecule has 1 N–H and O–H groups in total. The minimum absolute atomic E-state index is 0.517. The van der Waals surface area contributed by atoms with Gasteiger partial charge >= 0.3 is 0 Å². The Kier molecular flexibility index (Phi) is 3.66. The molecule has 0 spiro atoms. The van der Waals surface area contributed by atoms with Crippen molar-refractivity contribution in [3.63, 3.8) is 0 Å². The third kappa shape index (κ3) is 2.86. The summed E-state index contributed by atoms with van der Waals surface area (Å²) < 4.78 is 2.23. The smallest absolute Gasteiger partial charge is 0.0640 e. The predicted molar refractivity (Wildman–Crippen MR) is 78.2 cm³/mol. The molecule has 1 atom stereocenters. The lowest BCUT2D eigenvalue weighted by atomic mass is 9.95. The van der Waals surface area contributed by atoms with E-state index in [0.717, 1.165) is 6.42 Å². The second-order valence-corrected chi connectivity index (χ2v) is 6.78. The second kappa shape index (κ2) is 5.28. The fourth-order valence-corrected chi connectivity index (χ4v) is 3.49. The molecule has 2 aliphatic rings. The molecule has 0 aromatic carbocycles. The molecule has 0 radical (unpaired) electrons. The molecule has 1 aromatic rings. The van der Waals surface area contributed by atoms with Crippen LogP contribution in [-0.2, 0) is 6.42 Å². The predicted octanol–water partition coefficient (Wildman–Crippen LogP) is 3.32. The monoisotopic (exact) mass is 261 g/mol. The Bertz CT molecular complexity index is 413. The summed E-state index contributed by atoms with van der Waals surface area (Å²) in [5.41, 5.74) is 1.78. The fourth-order valence-electron chi connectivity index (χ4n) is 3.49. The first-order valence-electron chi connectivity index (χ1n) is 7.92. The molecule has 3 rings (SSSR count). The zero-order valence-electron chi connectivity index (χ0n) is 12.4. The Morgan fingerprint density at radius 2 is 2.11 bits per heavy atom. The van der Waals surface area contributed by atoms with Crippen LogP contribution in [0.25, 0.3) is 0 Å². The molecular weight excluding hydrogens is 234 g/mol. The highest BCUT2D eigenvalue weighted by molar-refractivity contribution is 5.08. The molecule has 0 bridgehead atoms. The molecule has 1 unspecified atom stereocenters. The van der Waals surface area contributed by atoms with Crippen LogP contribution < -0.4 is 5.32 Å². The molecule has 2 saturated carbocycles. The topological polar surface area (TPSA) is 29.9 Å². The van der Waals surface area contributed by atoms with Gasteiger partial charge in [0.05, 0.1) is 11.7 Å². The first kappa shape index (κ1) is 13.2. The number of rotatable bonds is 5. The van der Waals surface area contributed by atoms with Crippen molar-refractivity contribution in [1.82, 2.24) is 15.1 Å². The standard InChI is InChI=1S/C16H27N3/c1-16(9-10-16)15(17-2)12-13-8-11-19(18-13)14-6-4-3-5-7-14/h8,11,14-15,17H,3-7,9-10,12H2,1-2H3. The first-order chi connectivity index (χ1) is 9.21. The Balaban J connectivity index is 1.63. The molecule has 0 amide bonds. The van der Waals surface area contributed by atoms with E-state index in [4.69, 9.17) is 5.10 Å². The molecule has 3 heteroatoms. The summed E-state index contributed by atoms with van der Waals surface area (Å²) >= 11 is 0. The summed E-state index contributed by atoms with van der Waals surface area (Å²) in [6, 6.07) is 3.47. The number of nitrogens with one attached hydrogen (secondary N) is 1. The lowest BCUT2D eigenvalue weighted by molar-refractivity contribution is 0.324. The highest BCUT2D eigenvalue weighted by Crippen LogP contribution is 2.48. The van der Waals surface area contributed by atoms with Gasteiger partial charge in [-0.25, -0.2) is 0 Å². The SMILES string of the molecule is CNC(Cc1ccn(C2CCCCC2)n1)C1(C)CC1. The zero-order chi connectivity index (χ0) is 13.3. The van der Waals surface area contributed by atoms with E-state index < -0.39 is 0 Å². The average molecular weight is 261 g/mol. The van der Waals surface area contributed by atoms with Crippen molar-refractivity contribution in [3.8, 4) is 0 Å². The van der Waals surface area contributed by atoms with Crippen LogP contribution in [0.15, 0.2) is 12.3 Å². The van der Waals surface area contributed by atoms with E-state index in [1.807, 2.05) is 0 Å². The Morgan fingerprint density at radius 1 is 1.37 bits per heavy atom. The molecule has 19 heavy (non-hydrogen) atoms. The van der Waals surface area contributed by atoms with Gasteiger partial charge in [-0.3, -0.25) is 4.68 Å². The van der Waals surface area contributed by atoms with Gasteiger partial charge in [0.2, 0.25) is 0 Å². The van der Waals surface area contributed by atoms with Crippen molar-refractivity contribution in [2.45, 2.75) is 70.4 Å². The summed E-state index contributed by atoms with van der Waals surface area (Å²) in [7, 11) is 2.09. The highest BCUT2D eigenvalue weighted by Gasteiger charge is 2.44. The van der Waals surface area contributed by atoms with Gasteiger partial charge in [0, 0.05) is 18.7 Å². The third-order valence-electron chi connectivity index (χ3n) is 5.25. The van der Waals surface area contributed by atoms with Gasteiger partial charge < -0.3 is 5.32 Å². The van der Waals surface area contributed by atoms with Gasteiger partial charge in [-0.1, -0.05) is 26.2 Å². The fraction of sp³-hybridized carbons (Fsp3) is 0.812. The van der Waals surface area contributed by atoms with Gasteiger partial charge in [0.15, 0.2) is 0 Å². The van der Waals surface area contributed by atoms with Crippen LogP contribution in [0, 0.1) is 5.41 Å². The minimum atomic E-state index is 0.517. The number of nitrogens with zero attached hydrogens (tertiary/aromatic N) is 2. The van der Waals surface area contributed by atoms with Crippen molar-refractivity contribution < 1.29 is 0 Å². The molecule has 0 saturated heterocycles. The number of likely N-dealkylation sites (N-methyl/N-ethyl adjacent to an activating group) is 1. The van der Waals surface area contributed by atoms with E-state index in [-0.39, 0.29) is 0 Å². The van der Waals surface area contributed by atoms with E-state index in [0.29, 0.717) is 17.5 Å². The molecule has 1 aromatic heterocycles. The van der Waals surface area contributed by atoms with E-state index in [9.17, 15) is 0 Å². The van der Waals surface area contributed by atoms with Crippen molar-refractivity contribution in [2.75, 3.05) is 7.05 Å². The summed E-state index contributed by atoms with van der Waals surface area (Å²) in [4.78, 5) is 0. The van der Waals surface area contributed by atoms with Crippen molar-refractivity contribution in [1.29, 1.82) is 0 Å².